The van der Waals surface area contributed by atoms with Crippen molar-refractivity contribution in [2.75, 3.05) is 32.7 Å². The van der Waals surface area contributed by atoms with E-state index >= 15 is 0 Å². The summed E-state index contributed by atoms with van der Waals surface area (Å²) in [6, 6.07) is 5.04. The molecule has 0 amide bonds. The standard InChI is InChI=1S/C16H26N2O3/c1-12(2)21-13-3-4-15(19)14(11-13)16(20)5-8-18-9-6-17-7-10-18/h3-4,11-12,16-17,19-20H,5-10H2,1-2H3. The minimum absolute atomic E-state index is 0.0698. The number of nitrogens with zero attached hydrogens (tertiary/aromatic N) is 1. The Labute approximate surface area is 126 Å². The zero-order valence-electron chi connectivity index (χ0n) is 12.9. The van der Waals surface area contributed by atoms with Gasteiger partial charge in [0.2, 0.25) is 0 Å². The molecule has 1 unspecified atom stereocenters. The van der Waals surface area contributed by atoms with Crippen LogP contribution in [0.2, 0.25) is 0 Å². The maximum absolute atomic E-state index is 10.3. The van der Waals surface area contributed by atoms with Crippen LogP contribution in [0.4, 0.5) is 0 Å². The Morgan fingerprint density at radius 3 is 2.67 bits per heavy atom. The SMILES string of the molecule is CC(C)Oc1ccc(O)c(C(O)CCN2CCNCC2)c1. The van der Waals surface area contributed by atoms with Gasteiger partial charge in [0.1, 0.15) is 11.5 Å². The monoisotopic (exact) mass is 294 g/mol. The van der Waals surface area contributed by atoms with Gasteiger partial charge in [-0.1, -0.05) is 0 Å². The van der Waals surface area contributed by atoms with Crippen LogP contribution in [0.25, 0.3) is 0 Å². The van der Waals surface area contributed by atoms with Gasteiger partial charge in [0, 0.05) is 38.3 Å². The van der Waals surface area contributed by atoms with Crippen LogP contribution in [-0.2, 0) is 0 Å². The molecule has 1 aromatic rings. The van der Waals surface area contributed by atoms with Gasteiger partial charge < -0.3 is 25.2 Å². The topological polar surface area (TPSA) is 65.0 Å². The number of phenolic OH excluding ortho intramolecular Hbond substituents is 1. The van der Waals surface area contributed by atoms with Crippen LogP contribution in [-0.4, -0.2) is 53.9 Å². The number of benzene rings is 1. The molecule has 0 saturated carbocycles. The van der Waals surface area contributed by atoms with Crippen molar-refractivity contribution in [1.29, 1.82) is 0 Å². The highest BCUT2D eigenvalue weighted by Crippen LogP contribution is 2.30. The van der Waals surface area contributed by atoms with Crippen molar-refractivity contribution in [3.8, 4) is 11.5 Å². The van der Waals surface area contributed by atoms with Crippen molar-refractivity contribution in [2.24, 2.45) is 0 Å². The molecule has 1 heterocycles. The average molecular weight is 294 g/mol. The maximum Gasteiger partial charge on any atom is 0.121 e. The summed E-state index contributed by atoms with van der Waals surface area (Å²) < 4.78 is 5.61. The third kappa shape index (κ3) is 4.88. The molecule has 5 nitrogen and oxygen atoms in total. The second-order valence-corrected chi connectivity index (χ2v) is 5.78. The molecule has 5 heteroatoms. The van der Waals surface area contributed by atoms with Gasteiger partial charge in [0.05, 0.1) is 12.2 Å². The van der Waals surface area contributed by atoms with Crippen molar-refractivity contribution < 1.29 is 14.9 Å². The number of ether oxygens (including phenoxy) is 1. The first kappa shape index (κ1) is 16.1. The lowest BCUT2D eigenvalue weighted by Gasteiger charge is -2.28. The van der Waals surface area contributed by atoms with E-state index in [0.717, 1.165) is 32.7 Å². The van der Waals surface area contributed by atoms with Gasteiger partial charge in [0.25, 0.3) is 0 Å². The molecular weight excluding hydrogens is 268 g/mol. The number of aromatic hydroxyl groups is 1. The molecule has 0 bridgehead atoms. The number of aliphatic hydroxyl groups is 1. The second-order valence-electron chi connectivity index (χ2n) is 5.78. The third-order valence-electron chi connectivity index (χ3n) is 3.66. The van der Waals surface area contributed by atoms with Crippen LogP contribution in [0.5, 0.6) is 11.5 Å². The molecule has 0 spiro atoms. The van der Waals surface area contributed by atoms with Gasteiger partial charge in [-0.25, -0.2) is 0 Å². The number of phenols is 1. The fourth-order valence-corrected chi connectivity index (χ4v) is 2.54. The Kier molecular flexibility index (Phi) is 5.85. The highest BCUT2D eigenvalue weighted by atomic mass is 16.5. The Hall–Kier alpha value is -1.30. The molecule has 1 aliphatic rings. The molecule has 3 N–H and O–H groups in total. The predicted molar refractivity (Wildman–Crippen MR) is 82.8 cm³/mol. The Morgan fingerprint density at radius 2 is 2.00 bits per heavy atom. The molecular formula is C16H26N2O3. The number of piperazine rings is 1. The molecule has 0 aliphatic carbocycles. The van der Waals surface area contributed by atoms with E-state index in [2.05, 4.69) is 10.2 Å². The van der Waals surface area contributed by atoms with Crippen molar-refractivity contribution in [3.63, 3.8) is 0 Å². The molecule has 1 aromatic carbocycles. The second kappa shape index (κ2) is 7.64. The quantitative estimate of drug-likeness (QED) is 0.742. The van der Waals surface area contributed by atoms with Crippen LogP contribution < -0.4 is 10.1 Å². The highest BCUT2D eigenvalue weighted by Gasteiger charge is 2.16. The van der Waals surface area contributed by atoms with Gasteiger partial charge in [-0.3, -0.25) is 0 Å². The number of hydrogen-bond acceptors (Lipinski definition) is 5. The summed E-state index contributed by atoms with van der Waals surface area (Å²) in [7, 11) is 0. The maximum atomic E-state index is 10.3. The van der Waals surface area contributed by atoms with Crippen LogP contribution >= 0.6 is 0 Å². The molecule has 2 rings (SSSR count). The number of rotatable bonds is 6. The Morgan fingerprint density at radius 1 is 1.29 bits per heavy atom. The summed E-state index contributed by atoms with van der Waals surface area (Å²) >= 11 is 0. The lowest BCUT2D eigenvalue weighted by molar-refractivity contribution is 0.133. The lowest BCUT2D eigenvalue weighted by atomic mass is 10.0. The van der Waals surface area contributed by atoms with Crippen molar-refractivity contribution >= 4 is 0 Å². The number of nitrogens with one attached hydrogen (secondary N) is 1. The van der Waals surface area contributed by atoms with Gasteiger partial charge in [-0.2, -0.15) is 0 Å². The Balaban J connectivity index is 1.95. The molecule has 118 valence electrons. The summed E-state index contributed by atoms with van der Waals surface area (Å²) in [6.07, 6.45) is 0.00887. The first-order valence-corrected chi connectivity index (χ1v) is 7.67. The van der Waals surface area contributed by atoms with Gasteiger partial charge in [0.15, 0.2) is 0 Å². The van der Waals surface area contributed by atoms with E-state index in [9.17, 15) is 10.2 Å². The average Bonchev–Trinajstić information content (AvgIpc) is 2.47. The lowest BCUT2D eigenvalue weighted by Crippen LogP contribution is -2.44. The molecule has 1 saturated heterocycles. The van der Waals surface area contributed by atoms with E-state index in [4.69, 9.17) is 4.74 Å². The molecule has 0 radical (unpaired) electrons. The minimum Gasteiger partial charge on any atom is -0.508 e. The summed E-state index contributed by atoms with van der Waals surface area (Å²) in [5.41, 5.74) is 0.545. The van der Waals surface area contributed by atoms with E-state index in [1.165, 1.54) is 0 Å². The highest BCUT2D eigenvalue weighted by molar-refractivity contribution is 5.40. The van der Waals surface area contributed by atoms with Crippen LogP contribution in [0.3, 0.4) is 0 Å². The van der Waals surface area contributed by atoms with Crippen molar-refractivity contribution in [3.05, 3.63) is 23.8 Å². The van der Waals surface area contributed by atoms with Gasteiger partial charge in [-0.05, 0) is 38.5 Å². The third-order valence-corrected chi connectivity index (χ3v) is 3.66. The van der Waals surface area contributed by atoms with Gasteiger partial charge in [-0.15, -0.1) is 0 Å². The van der Waals surface area contributed by atoms with E-state index in [0.29, 0.717) is 17.7 Å². The fourth-order valence-electron chi connectivity index (χ4n) is 2.54. The largest absolute Gasteiger partial charge is 0.508 e. The molecule has 1 atom stereocenters. The number of aliphatic hydroxyl groups excluding tert-OH is 1. The summed E-state index contributed by atoms with van der Waals surface area (Å²) in [4.78, 5) is 2.32. The van der Waals surface area contributed by atoms with E-state index in [-0.39, 0.29) is 11.9 Å². The van der Waals surface area contributed by atoms with Crippen molar-refractivity contribution in [1.82, 2.24) is 10.2 Å². The zero-order valence-corrected chi connectivity index (χ0v) is 12.9. The predicted octanol–water partition coefficient (Wildman–Crippen LogP) is 1.51. The molecule has 1 fully saturated rings. The summed E-state index contributed by atoms with van der Waals surface area (Å²) in [5, 5.41) is 23.6. The normalized spacial score (nSPS) is 17.9. The fraction of sp³-hybridized carbons (Fsp3) is 0.625. The van der Waals surface area contributed by atoms with Crippen LogP contribution in [0.1, 0.15) is 31.9 Å². The summed E-state index contributed by atoms with van der Waals surface area (Å²) in [5.74, 6) is 0.804. The van der Waals surface area contributed by atoms with Crippen LogP contribution in [0.15, 0.2) is 18.2 Å². The van der Waals surface area contributed by atoms with Crippen molar-refractivity contribution in [2.45, 2.75) is 32.5 Å². The zero-order chi connectivity index (χ0) is 15.2. The smallest absolute Gasteiger partial charge is 0.121 e. The first-order valence-electron chi connectivity index (χ1n) is 7.67. The molecule has 1 aliphatic heterocycles. The van der Waals surface area contributed by atoms with Gasteiger partial charge >= 0.3 is 0 Å². The number of hydrogen-bond donors (Lipinski definition) is 3. The van der Waals surface area contributed by atoms with E-state index in [1.54, 1.807) is 18.2 Å². The Bertz CT molecular complexity index is 445. The van der Waals surface area contributed by atoms with E-state index in [1.807, 2.05) is 13.8 Å². The van der Waals surface area contributed by atoms with E-state index < -0.39 is 6.10 Å². The minimum atomic E-state index is -0.671. The summed E-state index contributed by atoms with van der Waals surface area (Å²) in [6.45, 7) is 8.75. The first-order chi connectivity index (χ1) is 10.1. The van der Waals surface area contributed by atoms with Crippen LogP contribution in [0, 0.1) is 0 Å². The molecule has 21 heavy (non-hydrogen) atoms. The molecule has 0 aromatic heterocycles.